The largest absolute Gasteiger partial charge is 0.508 e. The van der Waals surface area contributed by atoms with Crippen molar-refractivity contribution < 1.29 is 19.4 Å². The third-order valence-corrected chi connectivity index (χ3v) is 4.36. The number of hydrogen-bond acceptors (Lipinski definition) is 8. The van der Waals surface area contributed by atoms with E-state index in [1.54, 1.807) is 36.4 Å². The second-order valence-corrected chi connectivity index (χ2v) is 6.07. The van der Waals surface area contributed by atoms with Gasteiger partial charge in [0.2, 0.25) is 5.95 Å². The van der Waals surface area contributed by atoms with Crippen LogP contribution in [0.15, 0.2) is 36.4 Å². The van der Waals surface area contributed by atoms with Gasteiger partial charge in [-0.2, -0.15) is 0 Å². The fraction of sp³-hybridized carbons (Fsp3) is 0.263. The van der Waals surface area contributed by atoms with Gasteiger partial charge < -0.3 is 19.5 Å². The van der Waals surface area contributed by atoms with Crippen LogP contribution in [0.25, 0.3) is 22.3 Å². The summed E-state index contributed by atoms with van der Waals surface area (Å²) in [5.74, 6) is 0.223. The van der Waals surface area contributed by atoms with Crippen LogP contribution in [0.4, 0.5) is 5.95 Å². The van der Waals surface area contributed by atoms with Crippen molar-refractivity contribution in [3.63, 3.8) is 0 Å². The van der Waals surface area contributed by atoms with Crippen molar-refractivity contribution in [1.82, 2.24) is 15.0 Å². The van der Waals surface area contributed by atoms with E-state index in [0.29, 0.717) is 49.0 Å². The Labute approximate surface area is 155 Å². The van der Waals surface area contributed by atoms with E-state index < -0.39 is 5.97 Å². The van der Waals surface area contributed by atoms with Crippen LogP contribution in [0, 0.1) is 0 Å². The lowest BCUT2D eigenvalue weighted by Gasteiger charge is -2.27. The number of aromatic hydroxyl groups is 1. The zero-order chi connectivity index (χ0) is 18.8. The van der Waals surface area contributed by atoms with Crippen LogP contribution in [0.3, 0.4) is 0 Å². The molecule has 1 fully saturated rings. The van der Waals surface area contributed by atoms with Crippen molar-refractivity contribution in [3.8, 4) is 17.0 Å². The van der Waals surface area contributed by atoms with E-state index in [1.807, 2.05) is 0 Å². The molecular formula is C19H18N4O4. The van der Waals surface area contributed by atoms with Gasteiger partial charge in [-0.1, -0.05) is 0 Å². The van der Waals surface area contributed by atoms with E-state index in [4.69, 9.17) is 14.5 Å². The summed E-state index contributed by atoms with van der Waals surface area (Å²) in [4.78, 5) is 27.7. The second-order valence-electron chi connectivity index (χ2n) is 6.07. The standard InChI is InChI=1S/C19H18N4O4/c1-26-18(25)15-7-6-14-17(20-15)16(12-2-4-13(24)5-3-12)22-19(21-14)23-8-10-27-11-9-23/h2-7,24H,8-11H2,1H3. The Morgan fingerprint density at radius 2 is 1.81 bits per heavy atom. The first-order valence-electron chi connectivity index (χ1n) is 8.55. The van der Waals surface area contributed by atoms with Gasteiger partial charge in [-0.05, 0) is 36.4 Å². The smallest absolute Gasteiger partial charge is 0.356 e. The number of rotatable bonds is 3. The molecule has 0 radical (unpaired) electrons. The first kappa shape index (κ1) is 17.2. The summed E-state index contributed by atoms with van der Waals surface area (Å²) in [5.41, 5.74) is 2.67. The molecule has 8 heteroatoms. The summed E-state index contributed by atoms with van der Waals surface area (Å²) >= 11 is 0. The van der Waals surface area contributed by atoms with Gasteiger partial charge >= 0.3 is 5.97 Å². The third kappa shape index (κ3) is 3.39. The topological polar surface area (TPSA) is 97.7 Å². The molecule has 1 aliphatic rings. The molecule has 27 heavy (non-hydrogen) atoms. The Balaban J connectivity index is 1.90. The molecule has 0 atom stereocenters. The van der Waals surface area contributed by atoms with Crippen LogP contribution in [-0.4, -0.2) is 59.4 Å². The molecule has 0 bridgehead atoms. The monoisotopic (exact) mass is 366 g/mol. The summed E-state index contributed by atoms with van der Waals surface area (Å²) in [7, 11) is 1.31. The van der Waals surface area contributed by atoms with Gasteiger partial charge in [-0.25, -0.2) is 19.7 Å². The molecule has 4 rings (SSSR count). The molecule has 138 valence electrons. The number of carbonyl (C=O) groups is 1. The van der Waals surface area contributed by atoms with Crippen LogP contribution < -0.4 is 4.90 Å². The number of benzene rings is 1. The van der Waals surface area contributed by atoms with Crippen molar-refractivity contribution >= 4 is 23.0 Å². The number of nitrogens with zero attached hydrogens (tertiary/aromatic N) is 4. The van der Waals surface area contributed by atoms with Gasteiger partial charge in [0.1, 0.15) is 22.7 Å². The van der Waals surface area contributed by atoms with Crippen LogP contribution in [0.2, 0.25) is 0 Å². The Hall–Kier alpha value is -3.26. The van der Waals surface area contributed by atoms with Gasteiger partial charge in [0.05, 0.1) is 25.8 Å². The zero-order valence-corrected chi connectivity index (χ0v) is 14.8. The number of methoxy groups -OCH3 is 1. The van der Waals surface area contributed by atoms with E-state index >= 15 is 0 Å². The minimum atomic E-state index is -0.522. The highest BCUT2D eigenvalue weighted by molar-refractivity contribution is 5.95. The summed E-state index contributed by atoms with van der Waals surface area (Å²) in [6.45, 7) is 2.65. The number of esters is 1. The van der Waals surface area contributed by atoms with Crippen LogP contribution in [0.5, 0.6) is 5.75 Å². The molecule has 0 saturated carbocycles. The summed E-state index contributed by atoms with van der Waals surface area (Å²) in [6.07, 6.45) is 0. The van der Waals surface area contributed by atoms with Crippen molar-refractivity contribution in [2.75, 3.05) is 38.3 Å². The molecule has 3 aromatic rings. The number of anilines is 1. The molecule has 0 unspecified atom stereocenters. The Kier molecular flexibility index (Phi) is 4.55. The van der Waals surface area contributed by atoms with E-state index in [0.717, 1.165) is 5.56 Å². The molecule has 1 N–H and O–H groups in total. The number of phenols is 1. The molecule has 8 nitrogen and oxygen atoms in total. The normalized spacial score (nSPS) is 14.3. The first-order chi connectivity index (χ1) is 13.2. The lowest BCUT2D eigenvalue weighted by Crippen LogP contribution is -2.37. The van der Waals surface area contributed by atoms with Gasteiger partial charge in [0.25, 0.3) is 0 Å². The number of fused-ring (bicyclic) bond motifs is 1. The molecule has 1 saturated heterocycles. The molecule has 2 aromatic heterocycles. The predicted octanol–water partition coefficient (Wildman–Crippen LogP) is 2.02. The number of carbonyl (C=O) groups excluding carboxylic acids is 1. The lowest BCUT2D eigenvalue weighted by atomic mass is 10.1. The number of morpholine rings is 1. The van der Waals surface area contributed by atoms with E-state index in [9.17, 15) is 9.90 Å². The molecular weight excluding hydrogens is 348 g/mol. The molecule has 3 heterocycles. The average Bonchev–Trinajstić information content (AvgIpc) is 2.73. The predicted molar refractivity (Wildman–Crippen MR) is 98.8 cm³/mol. The SMILES string of the molecule is COC(=O)c1ccc2nc(N3CCOCC3)nc(-c3ccc(O)cc3)c2n1. The van der Waals surface area contributed by atoms with Crippen molar-refractivity contribution in [3.05, 3.63) is 42.1 Å². The minimum absolute atomic E-state index is 0.161. The Morgan fingerprint density at radius 1 is 1.07 bits per heavy atom. The fourth-order valence-corrected chi connectivity index (χ4v) is 2.95. The molecule has 1 aromatic carbocycles. The van der Waals surface area contributed by atoms with Gasteiger partial charge in [-0.15, -0.1) is 0 Å². The number of hydrogen-bond donors (Lipinski definition) is 1. The maximum Gasteiger partial charge on any atom is 0.356 e. The van der Waals surface area contributed by atoms with Crippen LogP contribution in [-0.2, 0) is 9.47 Å². The maximum atomic E-state index is 11.9. The molecule has 1 aliphatic heterocycles. The van der Waals surface area contributed by atoms with E-state index in [-0.39, 0.29) is 11.4 Å². The highest BCUT2D eigenvalue weighted by atomic mass is 16.5. The van der Waals surface area contributed by atoms with Gasteiger partial charge in [0, 0.05) is 18.7 Å². The highest BCUT2D eigenvalue weighted by Crippen LogP contribution is 2.29. The number of pyridine rings is 1. The van der Waals surface area contributed by atoms with Gasteiger partial charge in [0.15, 0.2) is 0 Å². The van der Waals surface area contributed by atoms with Crippen molar-refractivity contribution in [2.24, 2.45) is 0 Å². The summed E-state index contributed by atoms with van der Waals surface area (Å²) < 4.78 is 10.2. The molecule has 0 aliphatic carbocycles. The Bertz CT molecular complexity index is 985. The second kappa shape index (κ2) is 7.16. The highest BCUT2D eigenvalue weighted by Gasteiger charge is 2.19. The lowest BCUT2D eigenvalue weighted by molar-refractivity contribution is 0.0594. The fourth-order valence-electron chi connectivity index (χ4n) is 2.95. The first-order valence-corrected chi connectivity index (χ1v) is 8.55. The number of aromatic nitrogens is 3. The van der Waals surface area contributed by atoms with Crippen LogP contribution >= 0.6 is 0 Å². The van der Waals surface area contributed by atoms with E-state index in [1.165, 1.54) is 7.11 Å². The van der Waals surface area contributed by atoms with Crippen LogP contribution in [0.1, 0.15) is 10.5 Å². The molecule has 0 spiro atoms. The van der Waals surface area contributed by atoms with E-state index in [2.05, 4.69) is 14.9 Å². The number of ether oxygens (including phenoxy) is 2. The quantitative estimate of drug-likeness (QED) is 0.703. The average molecular weight is 366 g/mol. The minimum Gasteiger partial charge on any atom is -0.508 e. The van der Waals surface area contributed by atoms with Crippen molar-refractivity contribution in [1.29, 1.82) is 0 Å². The zero-order valence-electron chi connectivity index (χ0n) is 14.8. The maximum absolute atomic E-state index is 11.9. The van der Waals surface area contributed by atoms with Crippen molar-refractivity contribution in [2.45, 2.75) is 0 Å². The third-order valence-electron chi connectivity index (χ3n) is 4.36. The summed E-state index contributed by atoms with van der Waals surface area (Å²) in [6, 6.07) is 10.0. The molecule has 0 amide bonds. The van der Waals surface area contributed by atoms with Gasteiger partial charge in [-0.3, -0.25) is 0 Å². The summed E-state index contributed by atoms with van der Waals surface area (Å²) in [5, 5.41) is 9.59. The Morgan fingerprint density at radius 3 is 2.52 bits per heavy atom. The number of phenolic OH excluding ortho intramolecular Hbond substituents is 1.